The molecule has 1 aliphatic heterocycles. The molecule has 0 saturated carbocycles. The number of aromatic nitrogens is 1. The molecule has 0 spiro atoms. The minimum Gasteiger partial charge on any atom is -0.488 e. The molecule has 0 N–H and O–H groups in total. The summed E-state index contributed by atoms with van der Waals surface area (Å²) in [6.45, 7) is 11.7. The molecule has 0 unspecified atom stereocenters. The number of amides is 1. The van der Waals surface area contributed by atoms with Crippen LogP contribution in [0.15, 0.2) is 58.0 Å². The third kappa shape index (κ3) is 6.10. The summed E-state index contributed by atoms with van der Waals surface area (Å²) in [7, 11) is 0. The molecule has 1 saturated heterocycles. The average molecular weight is 496 g/mol. The molecule has 4 rings (SSSR count). The van der Waals surface area contributed by atoms with E-state index in [0.717, 1.165) is 31.6 Å². The Morgan fingerprint density at radius 1 is 1.20 bits per heavy atom. The van der Waals surface area contributed by atoms with Gasteiger partial charge >= 0.3 is 5.63 Å². The van der Waals surface area contributed by atoms with Gasteiger partial charge in [-0.2, -0.15) is 0 Å². The molecule has 1 aromatic carbocycles. The van der Waals surface area contributed by atoms with Gasteiger partial charge in [-0.15, -0.1) is 0 Å². The maximum Gasteiger partial charge on any atom is 0.340 e. The van der Waals surface area contributed by atoms with Crippen molar-refractivity contribution in [1.82, 2.24) is 14.8 Å². The Balaban J connectivity index is 1.40. The highest BCUT2D eigenvalue weighted by Gasteiger charge is 2.24. The molecule has 2 aromatic heterocycles. The fourth-order valence-electron chi connectivity index (χ4n) is 4.23. The van der Waals surface area contributed by atoms with Crippen LogP contribution in [0.5, 0.6) is 5.75 Å². The normalized spacial score (nSPS) is 14.3. The summed E-state index contributed by atoms with van der Waals surface area (Å²) in [5, 5.41) is 1.11. The number of hydrogen-bond donors (Lipinski definition) is 0. The van der Waals surface area contributed by atoms with Gasteiger partial charge in [0, 0.05) is 56.6 Å². The van der Waals surface area contributed by atoms with Crippen molar-refractivity contribution in [2.45, 2.75) is 26.7 Å². The van der Waals surface area contributed by atoms with Gasteiger partial charge in [-0.3, -0.25) is 14.7 Å². The molecule has 0 bridgehead atoms. The van der Waals surface area contributed by atoms with Crippen molar-refractivity contribution < 1.29 is 13.9 Å². The van der Waals surface area contributed by atoms with Crippen LogP contribution in [0.1, 0.15) is 23.6 Å². The molecule has 0 radical (unpaired) electrons. The second kappa shape index (κ2) is 11.1. The molecule has 0 aliphatic carbocycles. The fourth-order valence-corrected chi connectivity index (χ4v) is 4.44. The minimum absolute atomic E-state index is 0.00660. The van der Waals surface area contributed by atoms with E-state index in [4.69, 9.17) is 20.8 Å². The number of hydrogen-bond acceptors (Lipinski definition) is 6. The van der Waals surface area contributed by atoms with E-state index >= 15 is 0 Å². The zero-order valence-corrected chi connectivity index (χ0v) is 20.9. The number of halogens is 1. The lowest BCUT2D eigenvalue weighted by Gasteiger charge is -2.34. The number of fused-ring (bicyclic) bond motifs is 1. The predicted octanol–water partition coefficient (Wildman–Crippen LogP) is 4.03. The number of ether oxygens (including phenoxy) is 1. The monoisotopic (exact) mass is 495 g/mol. The molecule has 0 atom stereocenters. The average Bonchev–Trinajstić information content (AvgIpc) is 2.85. The second-order valence-electron chi connectivity index (χ2n) is 9.02. The molecule has 1 aliphatic rings. The smallest absolute Gasteiger partial charge is 0.340 e. The van der Waals surface area contributed by atoms with E-state index in [2.05, 4.69) is 16.5 Å². The number of carbonyl (C=O) groups is 1. The summed E-state index contributed by atoms with van der Waals surface area (Å²) >= 11 is 6.40. The summed E-state index contributed by atoms with van der Waals surface area (Å²) in [6.07, 6.45) is 4.58. The third-order valence-electron chi connectivity index (χ3n) is 6.33. The highest BCUT2D eigenvalue weighted by molar-refractivity contribution is 6.32. The molecule has 7 nitrogen and oxygen atoms in total. The first-order valence-electron chi connectivity index (χ1n) is 11.7. The largest absolute Gasteiger partial charge is 0.488 e. The topological polar surface area (TPSA) is 75.9 Å². The Labute approximate surface area is 210 Å². The second-order valence-corrected chi connectivity index (χ2v) is 9.43. The number of benzene rings is 1. The van der Waals surface area contributed by atoms with Crippen molar-refractivity contribution >= 4 is 28.5 Å². The summed E-state index contributed by atoms with van der Waals surface area (Å²) in [4.78, 5) is 34.0. The molecular weight excluding hydrogens is 466 g/mol. The van der Waals surface area contributed by atoms with Crippen LogP contribution in [0.2, 0.25) is 5.02 Å². The molecule has 8 heteroatoms. The van der Waals surface area contributed by atoms with Crippen molar-refractivity contribution in [3.05, 3.63) is 80.9 Å². The maximum atomic E-state index is 13.0. The van der Waals surface area contributed by atoms with Crippen LogP contribution < -0.4 is 10.4 Å². The number of nitrogens with zero attached hydrogens (tertiary/aromatic N) is 3. The van der Waals surface area contributed by atoms with Gasteiger partial charge < -0.3 is 14.1 Å². The lowest BCUT2D eigenvalue weighted by Crippen LogP contribution is -2.49. The summed E-state index contributed by atoms with van der Waals surface area (Å²) in [5.41, 5.74) is 3.05. The van der Waals surface area contributed by atoms with Gasteiger partial charge in [0.25, 0.3) is 0 Å². The molecule has 1 fully saturated rings. The zero-order chi connectivity index (χ0) is 24.9. The SMILES string of the molecule is C=C(C)COc1cc2oc(=O)c(CC(=O)N3CCN(CCc4ccncc4)CC3)c(C)c2cc1Cl. The number of pyridine rings is 1. The van der Waals surface area contributed by atoms with Gasteiger partial charge in [-0.05, 0) is 55.2 Å². The Kier molecular flexibility index (Phi) is 7.88. The van der Waals surface area contributed by atoms with Crippen LogP contribution in [0.4, 0.5) is 0 Å². The van der Waals surface area contributed by atoms with Crippen LogP contribution >= 0.6 is 11.6 Å². The lowest BCUT2D eigenvalue weighted by atomic mass is 10.0. The first-order chi connectivity index (χ1) is 16.8. The van der Waals surface area contributed by atoms with Gasteiger partial charge in [0.1, 0.15) is 17.9 Å². The Bertz CT molecular complexity index is 1280. The van der Waals surface area contributed by atoms with Gasteiger partial charge in [0.2, 0.25) is 5.91 Å². The third-order valence-corrected chi connectivity index (χ3v) is 6.63. The molecule has 184 valence electrons. The van der Waals surface area contributed by atoms with Crippen LogP contribution in [0, 0.1) is 6.92 Å². The van der Waals surface area contributed by atoms with Crippen molar-refractivity contribution in [2.24, 2.45) is 0 Å². The van der Waals surface area contributed by atoms with Crippen molar-refractivity contribution in [2.75, 3.05) is 39.3 Å². The highest BCUT2D eigenvalue weighted by atomic mass is 35.5. The van der Waals surface area contributed by atoms with Gasteiger partial charge in [0.15, 0.2) is 0 Å². The quantitative estimate of drug-likeness (QED) is 0.347. The summed E-state index contributed by atoms with van der Waals surface area (Å²) in [6, 6.07) is 7.39. The molecule has 35 heavy (non-hydrogen) atoms. The predicted molar refractivity (Wildman–Crippen MR) is 137 cm³/mol. The minimum atomic E-state index is -0.507. The van der Waals surface area contributed by atoms with Crippen molar-refractivity contribution in [3.8, 4) is 5.75 Å². The van der Waals surface area contributed by atoms with Crippen LogP contribution in [-0.2, 0) is 17.6 Å². The molecular formula is C27H30ClN3O4. The zero-order valence-electron chi connectivity index (χ0n) is 20.2. The van der Waals surface area contributed by atoms with Crippen molar-refractivity contribution in [3.63, 3.8) is 0 Å². The van der Waals surface area contributed by atoms with Gasteiger partial charge in [-0.1, -0.05) is 18.2 Å². The molecule has 3 aromatic rings. The van der Waals surface area contributed by atoms with E-state index in [0.29, 0.717) is 52.6 Å². The van der Waals surface area contributed by atoms with Gasteiger partial charge in [0.05, 0.1) is 17.0 Å². The Hall–Kier alpha value is -3.16. The van der Waals surface area contributed by atoms with E-state index in [1.807, 2.05) is 43.3 Å². The first kappa shape index (κ1) is 24.9. The number of rotatable bonds is 8. The standard InChI is InChI=1S/C27H30ClN3O4/c1-18(2)17-34-25-16-24-21(14-23(25)28)19(3)22(27(33)35-24)15-26(32)31-12-10-30(11-13-31)9-6-20-4-7-29-8-5-20/h4-5,7-8,14,16H,1,6,9-13,15,17H2,2-3H3. The van der Waals surface area contributed by atoms with E-state index in [1.165, 1.54) is 5.56 Å². The number of aryl methyl sites for hydroxylation is 1. The van der Waals surface area contributed by atoms with Crippen molar-refractivity contribution in [1.29, 1.82) is 0 Å². The fraction of sp³-hybridized carbons (Fsp3) is 0.370. The highest BCUT2D eigenvalue weighted by Crippen LogP contribution is 2.32. The van der Waals surface area contributed by atoms with E-state index < -0.39 is 5.63 Å². The van der Waals surface area contributed by atoms with Gasteiger partial charge in [-0.25, -0.2) is 4.79 Å². The van der Waals surface area contributed by atoms with E-state index in [9.17, 15) is 9.59 Å². The van der Waals surface area contributed by atoms with E-state index in [1.54, 1.807) is 12.1 Å². The number of carbonyl (C=O) groups excluding carboxylic acids is 1. The maximum absolute atomic E-state index is 13.0. The van der Waals surface area contributed by atoms with E-state index in [-0.39, 0.29) is 12.3 Å². The summed E-state index contributed by atoms with van der Waals surface area (Å²) in [5.74, 6) is 0.358. The first-order valence-corrected chi connectivity index (χ1v) is 12.1. The number of piperazine rings is 1. The summed E-state index contributed by atoms with van der Waals surface area (Å²) < 4.78 is 11.2. The van der Waals surface area contributed by atoms with Crippen LogP contribution in [0.3, 0.4) is 0 Å². The molecule has 3 heterocycles. The van der Waals surface area contributed by atoms with Crippen LogP contribution in [0.25, 0.3) is 11.0 Å². The Morgan fingerprint density at radius 2 is 1.91 bits per heavy atom. The Morgan fingerprint density at radius 3 is 2.60 bits per heavy atom. The lowest BCUT2D eigenvalue weighted by molar-refractivity contribution is -0.132. The molecule has 1 amide bonds. The van der Waals surface area contributed by atoms with Crippen LogP contribution in [-0.4, -0.2) is 60.0 Å².